The average molecular weight is 692 g/mol. The number of nitrogens with zero attached hydrogens (tertiary/aromatic N) is 5. The second-order valence-electron chi connectivity index (χ2n) is 14.7. The van der Waals surface area contributed by atoms with E-state index in [1.807, 2.05) is 35.3 Å². The predicted molar refractivity (Wildman–Crippen MR) is 191 cm³/mol. The van der Waals surface area contributed by atoms with E-state index in [0.29, 0.717) is 28.6 Å². The molecular weight excluding hydrogens is 641 g/mol. The molecule has 264 valence electrons. The van der Waals surface area contributed by atoms with Gasteiger partial charge in [-0.15, -0.1) is 0 Å². The van der Waals surface area contributed by atoms with E-state index in [1.54, 1.807) is 26.5 Å². The Kier molecular flexibility index (Phi) is 11.6. The quantitative estimate of drug-likeness (QED) is 0.236. The number of likely N-dealkylation sites (tertiary alicyclic amines) is 1. The molecule has 1 atom stereocenters. The van der Waals surface area contributed by atoms with Crippen LogP contribution in [0.5, 0.6) is 0 Å². The van der Waals surface area contributed by atoms with Gasteiger partial charge >= 0.3 is 0 Å². The van der Waals surface area contributed by atoms with Crippen LogP contribution in [-0.4, -0.2) is 81.7 Å². The maximum Gasteiger partial charge on any atom is 0.255 e. The minimum absolute atomic E-state index is 0.136. The van der Waals surface area contributed by atoms with Gasteiger partial charge in [-0.05, 0) is 105 Å². The Morgan fingerprint density at radius 2 is 1.67 bits per heavy atom. The summed E-state index contributed by atoms with van der Waals surface area (Å²) in [5.74, 6) is 0.171. The fourth-order valence-electron chi connectivity index (χ4n) is 8.48. The van der Waals surface area contributed by atoms with Crippen molar-refractivity contribution >= 4 is 29.1 Å². The number of hydrogen-bond acceptors (Lipinski definition) is 6. The average Bonchev–Trinajstić information content (AvgIpc) is 3.63. The summed E-state index contributed by atoms with van der Waals surface area (Å²) >= 11 is 6.20. The lowest BCUT2D eigenvalue weighted by Gasteiger charge is -2.48. The number of carbonyl (C=O) groups is 2. The van der Waals surface area contributed by atoms with Crippen molar-refractivity contribution in [2.45, 2.75) is 102 Å². The molecule has 1 aliphatic heterocycles. The van der Waals surface area contributed by atoms with E-state index in [0.717, 1.165) is 63.7 Å². The molecule has 3 aliphatic rings. The molecule has 2 N–H and O–H groups in total. The highest BCUT2D eigenvalue weighted by atomic mass is 35.5. The molecule has 9 nitrogen and oxygen atoms in total. The first-order valence-electron chi connectivity index (χ1n) is 18.1. The lowest BCUT2D eigenvalue weighted by molar-refractivity contribution is -0.137. The van der Waals surface area contributed by atoms with Crippen LogP contribution in [0, 0.1) is 17.2 Å². The molecule has 11 heteroatoms. The summed E-state index contributed by atoms with van der Waals surface area (Å²) in [5.41, 5.74) is 2.22. The number of carbonyl (C=O) groups excluding carboxylic acids is 2. The second kappa shape index (κ2) is 16.0. The molecule has 2 amide bonds. The number of piperidine rings is 1. The van der Waals surface area contributed by atoms with Crippen LogP contribution in [0.15, 0.2) is 55.1 Å². The van der Waals surface area contributed by atoms with Crippen LogP contribution in [0.25, 0.3) is 0 Å². The van der Waals surface area contributed by atoms with Gasteiger partial charge in [-0.1, -0.05) is 43.0 Å². The molecule has 2 saturated carbocycles. The maximum atomic E-state index is 14.4. The zero-order chi connectivity index (χ0) is 34.4. The summed E-state index contributed by atoms with van der Waals surface area (Å²) in [4.78, 5) is 34.9. The number of rotatable bonds is 11. The number of halogens is 2. The lowest BCUT2D eigenvalue weighted by Crippen LogP contribution is -2.55. The Labute approximate surface area is 295 Å². The molecule has 1 aromatic heterocycles. The zero-order valence-corrected chi connectivity index (χ0v) is 29.7. The van der Waals surface area contributed by atoms with E-state index in [9.17, 15) is 14.0 Å². The van der Waals surface area contributed by atoms with Crippen molar-refractivity contribution in [3.63, 3.8) is 0 Å². The van der Waals surface area contributed by atoms with Gasteiger partial charge in [0.2, 0.25) is 5.91 Å². The molecule has 3 fully saturated rings. The molecule has 2 aromatic carbocycles. The number of hydrogen-bond donors (Lipinski definition) is 2. The summed E-state index contributed by atoms with van der Waals surface area (Å²) in [5, 5.41) is 12.5. The van der Waals surface area contributed by atoms with Gasteiger partial charge in [0.15, 0.2) is 0 Å². The molecule has 0 bridgehead atoms. The summed E-state index contributed by atoms with van der Waals surface area (Å²) in [7, 11) is 3.34. The van der Waals surface area contributed by atoms with Gasteiger partial charge in [0.1, 0.15) is 18.5 Å². The predicted octanol–water partition coefficient (Wildman–Crippen LogP) is 6.59. The summed E-state index contributed by atoms with van der Waals surface area (Å²) in [6.45, 7) is 2.38. The van der Waals surface area contributed by atoms with E-state index in [-0.39, 0.29) is 35.4 Å². The second-order valence-corrected chi connectivity index (χ2v) is 15.2. The molecule has 49 heavy (non-hydrogen) atoms. The SMILES string of the molecule is CN(C)C(=O)c1cc(F)ccc1N[C@H]1CC[C@H](N[C@H](Cc2ccc(Cl)cc2)C(=O)N2CCC(Cn3cncn3)(C3CCCCC3)CC2)CC1. The van der Waals surface area contributed by atoms with E-state index in [2.05, 4.69) is 25.6 Å². The van der Waals surface area contributed by atoms with Crippen molar-refractivity contribution in [2.24, 2.45) is 11.3 Å². The highest BCUT2D eigenvalue weighted by molar-refractivity contribution is 6.30. The van der Waals surface area contributed by atoms with Crippen LogP contribution in [0.4, 0.5) is 10.1 Å². The molecule has 1 saturated heterocycles. The molecule has 0 spiro atoms. The van der Waals surface area contributed by atoms with Crippen LogP contribution in [0.3, 0.4) is 0 Å². The van der Waals surface area contributed by atoms with Crippen LogP contribution in [-0.2, 0) is 17.8 Å². The van der Waals surface area contributed by atoms with Gasteiger partial charge < -0.3 is 20.4 Å². The smallest absolute Gasteiger partial charge is 0.255 e. The number of nitrogens with one attached hydrogen (secondary N) is 2. The first kappa shape index (κ1) is 35.3. The van der Waals surface area contributed by atoms with Crippen molar-refractivity contribution in [1.82, 2.24) is 29.9 Å². The third-order valence-electron chi connectivity index (χ3n) is 11.3. The largest absolute Gasteiger partial charge is 0.382 e. The van der Waals surface area contributed by atoms with E-state index < -0.39 is 5.82 Å². The van der Waals surface area contributed by atoms with Crippen LogP contribution >= 0.6 is 11.6 Å². The lowest BCUT2D eigenvalue weighted by atomic mass is 9.63. The molecule has 2 heterocycles. The fraction of sp³-hybridized carbons (Fsp3) is 0.579. The Balaban J connectivity index is 1.11. The van der Waals surface area contributed by atoms with E-state index in [1.165, 1.54) is 49.1 Å². The van der Waals surface area contributed by atoms with Crippen molar-refractivity contribution in [2.75, 3.05) is 32.5 Å². The third kappa shape index (κ3) is 8.81. The van der Waals surface area contributed by atoms with Crippen molar-refractivity contribution in [3.8, 4) is 0 Å². The van der Waals surface area contributed by atoms with Crippen LogP contribution < -0.4 is 10.6 Å². The molecular formula is C38H51ClFN7O2. The van der Waals surface area contributed by atoms with Gasteiger partial charge in [-0.3, -0.25) is 14.3 Å². The number of benzene rings is 2. The summed E-state index contributed by atoms with van der Waals surface area (Å²) in [6, 6.07) is 12.2. The number of anilines is 1. The maximum absolute atomic E-state index is 14.4. The van der Waals surface area contributed by atoms with Crippen LogP contribution in [0.1, 0.15) is 86.6 Å². The van der Waals surface area contributed by atoms with Gasteiger partial charge in [-0.25, -0.2) is 9.37 Å². The number of amides is 2. The van der Waals surface area contributed by atoms with Crippen molar-refractivity contribution in [3.05, 3.63) is 77.1 Å². The highest BCUT2D eigenvalue weighted by Crippen LogP contribution is 2.47. The Morgan fingerprint density at radius 3 is 2.33 bits per heavy atom. The van der Waals surface area contributed by atoms with Crippen LogP contribution in [0.2, 0.25) is 5.02 Å². The van der Waals surface area contributed by atoms with Gasteiger partial charge in [0, 0.05) is 56.5 Å². The first-order valence-corrected chi connectivity index (χ1v) is 18.5. The van der Waals surface area contributed by atoms with E-state index >= 15 is 0 Å². The Morgan fingerprint density at radius 1 is 0.980 bits per heavy atom. The standard InChI is InChI=1S/C38H51ClFN7O2/c1-45(2)36(48)33-23-30(40)12-17-34(33)43-31-13-15-32(16-14-31)44-35(22-27-8-10-29(39)11-9-27)37(49)46-20-18-38(19-21-46,24-47-26-41-25-42-47)28-6-4-3-5-7-28/h8-12,17,23,25-26,28,31-32,35,43-44H,3-7,13-16,18-22,24H2,1-2H3/t31-,32-,35-/m1/s1. The first-order chi connectivity index (χ1) is 23.7. The van der Waals surface area contributed by atoms with Gasteiger partial charge in [0.05, 0.1) is 11.6 Å². The number of aromatic nitrogens is 3. The molecule has 6 rings (SSSR count). The van der Waals surface area contributed by atoms with Crippen molar-refractivity contribution < 1.29 is 14.0 Å². The minimum atomic E-state index is -0.427. The fourth-order valence-corrected chi connectivity index (χ4v) is 8.61. The molecule has 0 radical (unpaired) electrons. The zero-order valence-electron chi connectivity index (χ0n) is 28.9. The Bertz CT molecular complexity index is 1530. The molecule has 0 unspecified atom stereocenters. The summed E-state index contributed by atoms with van der Waals surface area (Å²) in [6.07, 6.45) is 16.0. The normalized spacial score (nSPS) is 22.0. The van der Waals surface area contributed by atoms with Gasteiger partial charge in [-0.2, -0.15) is 5.10 Å². The third-order valence-corrected chi connectivity index (χ3v) is 11.5. The van der Waals surface area contributed by atoms with E-state index in [4.69, 9.17) is 11.6 Å². The molecule has 2 aliphatic carbocycles. The topological polar surface area (TPSA) is 95.4 Å². The molecule has 3 aromatic rings. The highest BCUT2D eigenvalue weighted by Gasteiger charge is 2.44. The van der Waals surface area contributed by atoms with Crippen molar-refractivity contribution in [1.29, 1.82) is 0 Å². The monoisotopic (exact) mass is 691 g/mol. The summed E-state index contributed by atoms with van der Waals surface area (Å²) < 4.78 is 16.0. The van der Waals surface area contributed by atoms with Gasteiger partial charge in [0.25, 0.3) is 5.91 Å². The Hall–Kier alpha value is -3.50. The minimum Gasteiger partial charge on any atom is -0.382 e.